The maximum Gasteiger partial charge on any atom is 0.326 e. The van der Waals surface area contributed by atoms with Crippen molar-refractivity contribution >= 4 is 93.3 Å². The first-order chi connectivity index (χ1) is 33.9. The average Bonchev–Trinajstić information content (AvgIpc) is 3.66. The van der Waals surface area contributed by atoms with Gasteiger partial charge in [0, 0.05) is 44.2 Å². The maximum absolute atomic E-state index is 14.1. The zero-order chi connectivity index (χ0) is 53.4. The summed E-state index contributed by atoms with van der Waals surface area (Å²) in [5.41, 5.74) is 14.9. The Morgan fingerprint density at radius 2 is 1.24 bits per heavy atom. The Morgan fingerprint density at radius 3 is 1.79 bits per heavy atom. The number of nitrogens with zero attached hydrogens (tertiary/aromatic N) is 2. The molecule has 0 saturated carbocycles. The second-order valence-corrected chi connectivity index (χ2v) is 16.8. The van der Waals surface area contributed by atoms with Crippen molar-refractivity contribution in [2.24, 2.45) is 17.6 Å². The van der Waals surface area contributed by atoms with E-state index in [1.54, 1.807) is 55.5 Å². The number of ketones is 2. The van der Waals surface area contributed by atoms with Gasteiger partial charge in [-0.3, -0.25) is 38.4 Å². The molecule has 1 heterocycles. The SMILES string of the molecule is Cc1ccc(F)c(NC(=O)Nc2ccc(-c3cccc4c3c(N)nn4C(=O)C[C@H](N)C(=O)C[C@@H](CCC(=O)N[C@@H](CCC(=O)C[C@@H](CCC(=O)N[C@@H](CCC(=O)O)C(=O)O)C(=O)O)C(=O)O)C(=O)O)cc2)c1. The predicted molar refractivity (Wildman–Crippen MR) is 252 cm³/mol. The van der Waals surface area contributed by atoms with Gasteiger partial charge >= 0.3 is 35.9 Å². The van der Waals surface area contributed by atoms with E-state index in [1.165, 1.54) is 12.1 Å². The smallest absolute Gasteiger partial charge is 0.326 e. The number of hydrogen-bond donors (Lipinski definition) is 11. The van der Waals surface area contributed by atoms with E-state index in [1.807, 2.05) is 0 Å². The van der Waals surface area contributed by atoms with Crippen LogP contribution in [-0.4, -0.2) is 119 Å². The number of halogens is 1. The number of benzene rings is 3. The lowest BCUT2D eigenvalue weighted by Gasteiger charge is -2.17. The molecule has 0 aliphatic heterocycles. The van der Waals surface area contributed by atoms with Gasteiger partial charge in [-0.25, -0.2) is 18.8 Å². The lowest BCUT2D eigenvalue weighted by molar-refractivity contribution is -0.145. The molecule has 0 saturated heterocycles. The average molecular weight is 1000 g/mol. The number of carbonyl (C=O) groups excluding carboxylic acids is 6. The maximum atomic E-state index is 14.1. The number of anilines is 3. The van der Waals surface area contributed by atoms with Crippen molar-refractivity contribution in [3.8, 4) is 11.1 Å². The van der Waals surface area contributed by atoms with Crippen molar-refractivity contribution in [2.45, 2.75) is 95.7 Å². The van der Waals surface area contributed by atoms with Crippen LogP contribution in [0.3, 0.4) is 0 Å². The fourth-order valence-electron chi connectivity index (χ4n) is 7.40. The summed E-state index contributed by atoms with van der Waals surface area (Å²) in [6.07, 6.45) is -6.07. The lowest BCUT2D eigenvalue weighted by atomic mass is 9.93. The molecule has 0 bridgehead atoms. The number of nitrogens with one attached hydrogen (secondary N) is 4. The molecule has 0 fully saturated rings. The van der Waals surface area contributed by atoms with E-state index < -0.39 is 172 Å². The summed E-state index contributed by atoms with van der Waals surface area (Å²) >= 11 is 0. The Kier molecular flexibility index (Phi) is 20.1. The molecule has 4 aromatic rings. The summed E-state index contributed by atoms with van der Waals surface area (Å²) in [4.78, 5) is 135. The largest absolute Gasteiger partial charge is 0.481 e. The topological polar surface area (TPSA) is 407 Å². The van der Waals surface area contributed by atoms with E-state index in [-0.39, 0.29) is 17.0 Å². The summed E-state index contributed by atoms with van der Waals surface area (Å²) in [5, 5.41) is 60.9. The number of aromatic nitrogens is 2. The number of urea groups is 1. The zero-order valence-corrected chi connectivity index (χ0v) is 38.6. The van der Waals surface area contributed by atoms with Gasteiger partial charge in [-0.2, -0.15) is 4.68 Å². The molecule has 0 spiro atoms. The van der Waals surface area contributed by atoms with Gasteiger partial charge in [-0.1, -0.05) is 30.3 Å². The highest BCUT2D eigenvalue weighted by Crippen LogP contribution is 2.33. The van der Waals surface area contributed by atoms with Crippen LogP contribution in [0, 0.1) is 24.6 Å². The molecular formula is C47H53FN8O16. The van der Waals surface area contributed by atoms with E-state index in [2.05, 4.69) is 26.4 Å². The second-order valence-electron chi connectivity index (χ2n) is 16.8. The van der Waals surface area contributed by atoms with E-state index in [9.17, 15) is 77.6 Å². The highest BCUT2D eigenvalue weighted by molar-refractivity contribution is 6.06. The fraction of sp³-hybridized carbons (Fsp3) is 0.362. The molecule has 72 heavy (non-hydrogen) atoms. The lowest BCUT2D eigenvalue weighted by Crippen LogP contribution is -2.41. The number of fused-ring (bicyclic) bond motifs is 1. The summed E-state index contributed by atoms with van der Waals surface area (Å²) in [6.45, 7) is 1.75. The van der Waals surface area contributed by atoms with Gasteiger partial charge < -0.3 is 58.3 Å². The fourth-order valence-corrected chi connectivity index (χ4v) is 7.40. The molecular weight excluding hydrogens is 952 g/mol. The molecule has 25 heteroatoms. The summed E-state index contributed by atoms with van der Waals surface area (Å²) in [6, 6.07) is 10.2. The van der Waals surface area contributed by atoms with Crippen molar-refractivity contribution in [1.82, 2.24) is 20.4 Å². The molecule has 13 N–H and O–H groups in total. The molecule has 24 nitrogen and oxygen atoms in total. The van der Waals surface area contributed by atoms with Crippen LogP contribution in [0.25, 0.3) is 22.0 Å². The number of carbonyl (C=O) groups is 11. The van der Waals surface area contributed by atoms with Gasteiger partial charge in [-0.05, 0) is 79.6 Å². The van der Waals surface area contributed by atoms with Crippen molar-refractivity contribution in [3.05, 3.63) is 72.0 Å². The van der Waals surface area contributed by atoms with Gasteiger partial charge in [-0.15, -0.1) is 5.10 Å². The number of carboxylic acids is 5. The Labute approximate surface area is 408 Å². The van der Waals surface area contributed by atoms with Crippen LogP contribution >= 0.6 is 0 Å². The third kappa shape index (κ3) is 16.5. The molecule has 0 radical (unpaired) electrons. The van der Waals surface area contributed by atoms with Crippen molar-refractivity contribution in [1.29, 1.82) is 0 Å². The van der Waals surface area contributed by atoms with Crippen LogP contribution in [-0.2, 0) is 43.2 Å². The highest BCUT2D eigenvalue weighted by atomic mass is 19.1. The van der Waals surface area contributed by atoms with Crippen LogP contribution in [0.15, 0.2) is 60.7 Å². The predicted octanol–water partition coefficient (Wildman–Crippen LogP) is 3.40. The van der Waals surface area contributed by atoms with Crippen LogP contribution in [0.5, 0.6) is 0 Å². The number of aryl methyl sites for hydroxylation is 1. The first-order valence-corrected chi connectivity index (χ1v) is 22.2. The Morgan fingerprint density at radius 1 is 0.667 bits per heavy atom. The number of Topliss-reactive ketones (excluding diaryl/α,β-unsaturated/α-hetero) is 2. The second kappa shape index (κ2) is 25.8. The molecule has 1 aromatic heterocycles. The number of nitrogens with two attached hydrogens (primary N) is 2. The molecule has 0 unspecified atom stereocenters. The normalized spacial score (nSPS) is 13.1. The van der Waals surface area contributed by atoms with Crippen molar-refractivity contribution in [2.75, 3.05) is 16.4 Å². The molecule has 4 amide bonds. The standard InChI is InChI=1S/C47H53FN8O16/c1-23-5-13-30(48)34(19-23)54-47(72)51-27-10-6-24(7-11-27)29-3-2-4-35-41(29)42(50)55-56(35)39(61)22-31(49)36(58)21-26(44(66)67)9-17-38(60)52-32(45(68)69)14-12-28(57)20-25(43(64)65)8-16-37(59)53-33(46(70)71)15-18-40(62)63/h2-7,10-11,13,19,25-26,31-33H,8-9,12,14-18,20-22,49H2,1H3,(H2,50,55)(H,52,60)(H,53,59)(H,62,63)(H,64,65)(H,66,67)(H,68,69)(H,70,71)(H2,51,54,72)/t25-,26-,31+,32+,33+/m1/s1. The molecule has 3 aromatic carbocycles. The van der Waals surface area contributed by atoms with Crippen LogP contribution in [0.1, 0.15) is 81.0 Å². The van der Waals surface area contributed by atoms with Crippen molar-refractivity contribution in [3.63, 3.8) is 0 Å². The molecule has 384 valence electrons. The summed E-state index contributed by atoms with van der Waals surface area (Å²) in [5.74, 6) is -15.2. The summed E-state index contributed by atoms with van der Waals surface area (Å²) < 4.78 is 15.1. The minimum Gasteiger partial charge on any atom is -0.481 e. The Balaban J connectivity index is 1.28. The van der Waals surface area contributed by atoms with Crippen LogP contribution in [0.4, 0.5) is 26.4 Å². The number of aliphatic carboxylic acids is 5. The van der Waals surface area contributed by atoms with E-state index in [0.717, 1.165) is 10.2 Å². The molecule has 0 aliphatic carbocycles. The number of amides is 4. The van der Waals surface area contributed by atoms with Gasteiger partial charge in [0.25, 0.3) is 0 Å². The molecule has 0 aliphatic rings. The third-order valence-corrected chi connectivity index (χ3v) is 11.3. The van der Waals surface area contributed by atoms with Gasteiger partial charge in [0.2, 0.25) is 17.7 Å². The van der Waals surface area contributed by atoms with Gasteiger partial charge in [0.05, 0.1) is 40.9 Å². The third-order valence-electron chi connectivity index (χ3n) is 11.3. The number of carboxylic acid groups (broad SMARTS) is 5. The minimum atomic E-state index is -1.68. The van der Waals surface area contributed by atoms with E-state index in [4.69, 9.17) is 16.6 Å². The molecule has 4 rings (SSSR count). The van der Waals surface area contributed by atoms with Gasteiger partial charge in [0.15, 0.2) is 11.6 Å². The zero-order valence-electron chi connectivity index (χ0n) is 38.6. The van der Waals surface area contributed by atoms with Crippen LogP contribution < -0.4 is 32.7 Å². The van der Waals surface area contributed by atoms with E-state index >= 15 is 0 Å². The molecule has 5 atom stereocenters. The van der Waals surface area contributed by atoms with Crippen LogP contribution in [0.2, 0.25) is 0 Å². The highest BCUT2D eigenvalue weighted by Gasteiger charge is 2.30. The first-order valence-electron chi connectivity index (χ1n) is 22.2. The van der Waals surface area contributed by atoms with Crippen molar-refractivity contribution < 1.29 is 82.7 Å². The number of rotatable bonds is 28. The van der Waals surface area contributed by atoms with E-state index in [0.29, 0.717) is 22.2 Å². The van der Waals surface area contributed by atoms with Gasteiger partial charge in [0.1, 0.15) is 23.7 Å². The monoisotopic (exact) mass is 1000 g/mol. The quantitative estimate of drug-likeness (QED) is 0.0388. The minimum absolute atomic E-state index is 0.000311. The number of nitrogen functional groups attached to an aromatic ring is 1. The summed E-state index contributed by atoms with van der Waals surface area (Å²) in [7, 11) is 0. The Hall–Kier alpha value is -8.61. The first kappa shape index (κ1) is 56.0. The number of hydrogen-bond acceptors (Lipinski definition) is 14. The Bertz CT molecular complexity index is 2740.